The Labute approximate surface area is 214 Å². The molecule has 36 heavy (non-hydrogen) atoms. The van der Waals surface area contributed by atoms with Crippen molar-refractivity contribution in [2.75, 3.05) is 26.0 Å². The third-order valence-electron chi connectivity index (χ3n) is 7.45. The predicted octanol–water partition coefficient (Wildman–Crippen LogP) is 4.69. The number of fused-ring (bicyclic) bond motifs is 1. The lowest BCUT2D eigenvalue weighted by atomic mass is 9.79. The molecule has 2 aliphatic carbocycles. The zero-order valence-electron chi connectivity index (χ0n) is 21.8. The lowest BCUT2D eigenvalue weighted by Gasteiger charge is -2.28. The molecule has 0 aromatic heterocycles. The number of carbonyl (C=O) groups excluding carboxylic acids is 3. The third-order valence-corrected chi connectivity index (χ3v) is 8.35. The molecule has 0 bridgehead atoms. The summed E-state index contributed by atoms with van der Waals surface area (Å²) >= 11 is 0. The second kappa shape index (κ2) is 13.7. The van der Waals surface area contributed by atoms with Gasteiger partial charge >= 0.3 is 25.5 Å². The monoisotopic (exact) mass is 530 g/mol. The zero-order chi connectivity index (χ0) is 26.8. The maximum atomic E-state index is 12.7. The van der Waals surface area contributed by atoms with Crippen LogP contribution in [0.15, 0.2) is 12.2 Å². The van der Waals surface area contributed by atoms with E-state index in [2.05, 4.69) is 6.58 Å². The van der Waals surface area contributed by atoms with Crippen LogP contribution in [0.4, 0.5) is 0 Å². The second-order valence-corrected chi connectivity index (χ2v) is 11.9. The molecule has 0 aromatic rings. The fourth-order valence-corrected chi connectivity index (χ4v) is 6.05. The number of esters is 3. The first-order valence-electron chi connectivity index (χ1n) is 13.3. The Balaban J connectivity index is 1.66. The van der Waals surface area contributed by atoms with Crippen LogP contribution in [0.5, 0.6) is 0 Å². The number of hydrogen-bond donors (Lipinski definition) is 2. The topological polar surface area (TPSA) is 136 Å². The van der Waals surface area contributed by atoms with Crippen LogP contribution in [-0.4, -0.2) is 53.7 Å². The summed E-state index contributed by atoms with van der Waals surface area (Å²) in [6.07, 6.45) is 9.50. The molecule has 2 N–H and O–H groups in total. The van der Waals surface area contributed by atoms with Crippen molar-refractivity contribution in [2.24, 2.45) is 16.7 Å². The van der Waals surface area contributed by atoms with Gasteiger partial charge in [-0.3, -0.25) is 14.2 Å². The summed E-state index contributed by atoms with van der Waals surface area (Å²) in [6, 6.07) is 0. The van der Waals surface area contributed by atoms with Crippen LogP contribution in [0.3, 0.4) is 0 Å². The second-order valence-electron chi connectivity index (χ2n) is 10.1. The molecule has 2 fully saturated rings. The van der Waals surface area contributed by atoms with E-state index in [0.717, 1.165) is 51.4 Å². The summed E-state index contributed by atoms with van der Waals surface area (Å²) in [7, 11) is -3.86. The fraction of sp³-hybridized carbons (Fsp3) is 0.808. The van der Waals surface area contributed by atoms with E-state index in [-0.39, 0.29) is 31.7 Å². The van der Waals surface area contributed by atoms with Crippen molar-refractivity contribution in [3.63, 3.8) is 0 Å². The number of carbonyl (C=O) groups is 3. The van der Waals surface area contributed by atoms with Crippen LogP contribution in [0, 0.1) is 16.7 Å². The molecule has 0 saturated heterocycles. The molecular weight excluding hydrogens is 487 g/mol. The first-order chi connectivity index (χ1) is 17.0. The quantitative estimate of drug-likeness (QED) is 0.0646. The maximum absolute atomic E-state index is 12.7. The lowest BCUT2D eigenvalue weighted by molar-refractivity contribution is -0.173. The molecule has 2 rings (SSSR count). The molecule has 2 atom stereocenters. The SMILES string of the molecule is C=C(C(=O)OCCCCCCCCCCCP(=O)(O)O)C12CC1CC(C(=O)OCC)(C(=O)OCC)C2. The van der Waals surface area contributed by atoms with Crippen LogP contribution in [0.25, 0.3) is 0 Å². The third kappa shape index (κ3) is 8.15. The zero-order valence-corrected chi connectivity index (χ0v) is 22.7. The Hall–Kier alpha value is -1.70. The summed E-state index contributed by atoms with van der Waals surface area (Å²) in [5.41, 5.74) is -1.64. The maximum Gasteiger partial charge on any atom is 0.333 e. The van der Waals surface area contributed by atoms with Gasteiger partial charge in [0.1, 0.15) is 0 Å². The number of ether oxygens (including phenoxy) is 3. The molecule has 0 aliphatic heterocycles. The molecular formula is C26H43O9P. The highest BCUT2D eigenvalue weighted by atomic mass is 31.2. The molecule has 10 heteroatoms. The molecule has 0 aromatic carbocycles. The Bertz CT molecular complexity index is 815. The molecule has 0 amide bonds. The Morgan fingerprint density at radius 3 is 1.83 bits per heavy atom. The fourth-order valence-electron chi connectivity index (χ4n) is 5.42. The summed E-state index contributed by atoms with van der Waals surface area (Å²) in [6.45, 7) is 8.01. The lowest BCUT2D eigenvalue weighted by Crippen LogP contribution is -2.42. The van der Waals surface area contributed by atoms with Gasteiger partial charge < -0.3 is 24.0 Å². The van der Waals surface area contributed by atoms with Gasteiger partial charge in [0.15, 0.2) is 5.41 Å². The highest BCUT2D eigenvalue weighted by Crippen LogP contribution is 2.72. The average molecular weight is 531 g/mol. The van der Waals surface area contributed by atoms with Crippen molar-refractivity contribution < 1.29 is 42.9 Å². The minimum Gasteiger partial charge on any atom is -0.465 e. The van der Waals surface area contributed by atoms with Crippen molar-refractivity contribution in [2.45, 2.75) is 90.9 Å². The Morgan fingerprint density at radius 2 is 1.33 bits per heavy atom. The van der Waals surface area contributed by atoms with Gasteiger partial charge in [0.25, 0.3) is 0 Å². The Kier molecular flexibility index (Phi) is 11.6. The van der Waals surface area contributed by atoms with Crippen LogP contribution in [0.2, 0.25) is 0 Å². The van der Waals surface area contributed by atoms with E-state index in [0.29, 0.717) is 31.4 Å². The van der Waals surface area contributed by atoms with E-state index in [9.17, 15) is 18.9 Å². The first kappa shape index (κ1) is 30.5. The smallest absolute Gasteiger partial charge is 0.333 e. The van der Waals surface area contributed by atoms with Gasteiger partial charge in [-0.05, 0) is 51.9 Å². The number of unbranched alkanes of at least 4 members (excludes halogenated alkanes) is 8. The molecule has 206 valence electrons. The van der Waals surface area contributed by atoms with E-state index in [4.69, 9.17) is 24.0 Å². The molecule has 0 radical (unpaired) electrons. The van der Waals surface area contributed by atoms with E-state index in [1.54, 1.807) is 13.8 Å². The molecule has 0 spiro atoms. The van der Waals surface area contributed by atoms with Crippen molar-refractivity contribution >= 4 is 25.5 Å². The molecule has 9 nitrogen and oxygen atoms in total. The van der Waals surface area contributed by atoms with Gasteiger partial charge in [0.2, 0.25) is 0 Å². The molecule has 0 heterocycles. The van der Waals surface area contributed by atoms with Crippen LogP contribution in [-0.2, 0) is 33.2 Å². The van der Waals surface area contributed by atoms with E-state index >= 15 is 0 Å². The van der Waals surface area contributed by atoms with Gasteiger partial charge in [0, 0.05) is 17.2 Å². The number of hydrogen-bond acceptors (Lipinski definition) is 7. The molecule has 2 unspecified atom stereocenters. The summed E-state index contributed by atoms with van der Waals surface area (Å²) in [4.78, 5) is 55.8. The van der Waals surface area contributed by atoms with Crippen molar-refractivity contribution in [1.29, 1.82) is 0 Å². The largest absolute Gasteiger partial charge is 0.465 e. The highest BCUT2D eigenvalue weighted by molar-refractivity contribution is 7.51. The van der Waals surface area contributed by atoms with Crippen LogP contribution >= 0.6 is 7.60 Å². The van der Waals surface area contributed by atoms with Gasteiger partial charge in [-0.2, -0.15) is 0 Å². The number of rotatable bonds is 18. The highest BCUT2D eigenvalue weighted by Gasteiger charge is 2.73. The van der Waals surface area contributed by atoms with Crippen molar-refractivity contribution in [3.05, 3.63) is 12.2 Å². The van der Waals surface area contributed by atoms with E-state index < -0.39 is 36.3 Å². The van der Waals surface area contributed by atoms with Gasteiger partial charge in [-0.15, -0.1) is 0 Å². The van der Waals surface area contributed by atoms with E-state index in [1.165, 1.54) is 0 Å². The summed E-state index contributed by atoms with van der Waals surface area (Å²) in [5, 5.41) is 0. The van der Waals surface area contributed by atoms with Crippen LogP contribution < -0.4 is 0 Å². The van der Waals surface area contributed by atoms with Gasteiger partial charge in [0.05, 0.1) is 19.8 Å². The average Bonchev–Trinajstić information content (AvgIpc) is 3.39. The normalized spacial score (nSPS) is 21.9. The predicted molar refractivity (Wildman–Crippen MR) is 134 cm³/mol. The van der Waals surface area contributed by atoms with Gasteiger partial charge in [-0.25, -0.2) is 4.79 Å². The van der Waals surface area contributed by atoms with Crippen molar-refractivity contribution in [1.82, 2.24) is 0 Å². The minimum atomic E-state index is -3.86. The molecule has 2 saturated carbocycles. The summed E-state index contributed by atoms with van der Waals surface area (Å²) < 4.78 is 26.6. The minimum absolute atomic E-state index is 0.0168. The van der Waals surface area contributed by atoms with Gasteiger partial charge in [-0.1, -0.05) is 51.5 Å². The first-order valence-corrected chi connectivity index (χ1v) is 15.1. The van der Waals surface area contributed by atoms with Crippen molar-refractivity contribution in [3.8, 4) is 0 Å². The Morgan fingerprint density at radius 1 is 0.833 bits per heavy atom. The van der Waals surface area contributed by atoms with Crippen LogP contribution in [0.1, 0.15) is 90.9 Å². The standard InChI is InChI=1S/C26H43O9P/c1-4-33-23(28)26(24(29)34-5-2)18-21-17-25(21,19-26)20(3)22(27)35-15-13-11-9-7-6-8-10-12-14-16-36(30,31)32/h21H,3-19H2,1-2H3,(H2,30,31,32). The molecule has 2 aliphatic rings. The van der Waals surface area contributed by atoms with E-state index in [1.807, 2.05) is 0 Å². The summed E-state index contributed by atoms with van der Waals surface area (Å²) in [5.74, 6) is -1.62.